The number of hydrogen-bond acceptors (Lipinski definition) is 8. The van der Waals surface area contributed by atoms with E-state index in [9.17, 15) is 10.1 Å². The van der Waals surface area contributed by atoms with Gasteiger partial charge in [-0.2, -0.15) is 0 Å². The molecule has 1 N–H and O–H groups in total. The molecule has 148 valence electrons. The molecule has 9 nitrogen and oxygen atoms in total. The number of benzene rings is 1. The van der Waals surface area contributed by atoms with Gasteiger partial charge in [-0.1, -0.05) is 18.2 Å². The van der Waals surface area contributed by atoms with Crippen LogP contribution in [0.25, 0.3) is 0 Å². The van der Waals surface area contributed by atoms with E-state index in [0.29, 0.717) is 37.8 Å². The van der Waals surface area contributed by atoms with E-state index in [2.05, 4.69) is 20.9 Å². The minimum Gasteiger partial charge on any atom is -0.395 e. The van der Waals surface area contributed by atoms with Gasteiger partial charge in [0.15, 0.2) is 0 Å². The van der Waals surface area contributed by atoms with Crippen LogP contribution in [-0.4, -0.2) is 70.8 Å². The molecule has 3 heterocycles. The third-order valence-electron chi connectivity index (χ3n) is 5.42. The number of β-amino-alcohol motifs (C(OH)–C–C–N with tert-alkyl or cyclic N) is 1. The molecule has 1 aromatic heterocycles. The summed E-state index contributed by atoms with van der Waals surface area (Å²) in [6.07, 6.45) is 3.31. The topological polar surface area (TPSA) is 98.9 Å². The zero-order chi connectivity index (χ0) is 19.5. The van der Waals surface area contributed by atoms with Crippen molar-refractivity contribution in [2.45, 2.75) is 12.8 Å². The van der Waals surface area contributed by atoms with Crippen LogP contribution in [0.2, 0.25) is 0 Å². The number of aliphatic hydroxyl groups is 1. The lowest BCUT2D eigenvalue weighted by Gasteiger charge is -2.35. The Kier molecular flexibility index (Phi) is 5.36. The molecule has 0 spiro atoms. The van der Waals surface area contributed by atoms with Gasteiger partial charge in [0.2, 0.25) is 11.6 Å². The summed E-state index contributed by atoms with van der Waals surface area (Å²) in [5.41, 5.74) is 2.13. The number of aryl methyl sites for hydroxylation is 1. The molecule has 0 radical (unpaired) electrons. The summed E-state index contributed by atoms with van der Waals surface area (Å²) >= 11 is 0. The van der Waals surface area contributed by atoms with Gasteiger partial charge in [-0.25, -0.2) is 9.97 Å². The molecule has 1 fully saturated rings. The number of aliphatic hydroxyl groups excluding tert-OH is 1. The Morgan fingerprint density at radius 1 is 1.07 bits per heavy atom. The number of hydrogen-bond donors (Lipinski definition) is 1. The van der Waals surface area contributed by atoms with E-state index in [1.165, 1.54) is 11.9 Å². The first kappa shape index (κ1) is 18.6. The molecule has 4 rings (SSSR count). The largest absolute Gasteiger partial charge is 0.395 e. The number of rotatable bonds is 5. The van der Waals surface area contributed by atoms with Gasteiger partial charge in [0.05, 0.1) is 11.5 Å². The van der Waals surface area contributed by atoms with Crippen LogP contribution in [0, 0.1) is 10.1 Å². The van der Waals surface area contributed by atoms with Gasteiger partial charge in [-0.3, -0.25) is 15.0 Å². The molecule has 28 heavy (non-hydrogen) atoms. The number of nitrogens with zero attached hydrogens (tertiary/aromatic N) is 6. The third kappa shape index (κ3) is 3.50. The van der Waals surface area contributed by atoms with Crippen molar-refractivity contribution >= 4 is 23.0 Å². The van der Waals surface area contributed by atoms with Gasteiger partial charge >= 0.3 is 5.69 Å². The number of aromatic nitrogens is 2. The highest BCUT2D eigenvalue weighted by Gasteiger charge is 2.33. The van der Waals surface area contributed by atoms with Crippen LogP contribution in [0.5, 0.6) is 0 Å². The van der Waals surface area contributed by atoms with E-state index in [0.717, 1.165) is 31.6 Å². The lowest BCUT2D eigenvalue weighted by Crippen LogP contribution is -2.47. The first-order chi connectivity index (χ1) is 13.7. The standard InChI is InChI=1S/C19H24N6O3/c26-13-12-22-8-10-23(11-9-22)18-17(25(27)28)19(21-14-20-18)24-7-3-5-15-4-1-2-6-16(15)24/h1-2,4,6,14,26H,3,5,7-13H2. The van der Waals surface area contributed by atoms with Crippen LogP contribution < -0.4 is 9.80 Å². The van der Waals surface area contributed by atoms with Crippen LogP contribution in [-0.2, 0) is 6.42 Å². The lowest BCUT2D eigenvalue weighted by atomic mass is 10.0. The fourth-order valence-corrected chi connectivity index (χ4v) is 4.03. The summed E-state index contributed by atoms with van der Waals surface area (Å²) in [6.45, 7) is 4.18. The molecule has 0 aliphatic carbocycles. The minimum absolute atomic E-state index is 0.0326. The van der Waals surface area contributed by atoms with Crippen LogP contribution >= 0.6 is 0 Å². The number of piperazine rings is 1. The molecule has 9 heteroatoms. The highest BCUT2D eigenvalue weighted by Crippen LogP contribution is 2.40. The Hall–Kier alpha value is -2.78. The van der Waals surface area contributed by atoms with Crippen LogP contribution in [0.1, 0.15) is 12.0 Å². The molecule has 0 bridgehead atoms. The number of para-hydroxylation sites is 1. The summed E-state index contributed by atoms with van der Waals surface area (Å²) in [7, 11) is 0. The highest BCUT2D eigenvalue weighted by atomic mass is 16.6. The summed E-state index contributed by atoms with van der Waals surface area (Å²) in [4.78, 5) is 26.3. The van der Waals surface area contributed by atoms with Crippen molar-refractivity contribution in [3.8, 4) is 0 Å². The number of fused-ring (bicyclic) bond motifs is 1. The number of nitro groups is 1. The van der Waals surface area contributed by atoms with Crippen LogP contribution in [0.3, 0.4) is 0 Å². The number of anilines is 3. The Morgan fingerprint density at radius 2 is 1.82 bits per heavy atom. The third-order valence-corrected chi connectivity index (χ3v) is 5.42. The van der Waals surface area contributed by atoms with Crippen molar-refractivity contribution in [2.75, 3.05) is 55.7 Å². The summed E-state index contributed by atoms with van der Waals surface area (Å²) in [5.74, 6) is 0.738. The van der Waals surface area contributed by atoms with Gasteiger partial charge in [0.1, 0.15) is 6.33 Å². The smallest absolute Gasteiger partial charge is 0.353 e. The first-order valence-corrected chi connectivity index (χ1v) is 9.62. The first-order valence-electron chi connectivity index (χ1n) is 9.62. The second kappa shape index (κ2) is 8.07. The molecule has 1 aromatic carbocycles. The maximum atomic E-state index is 12.0. The predicted octanol–water partition coefficient (Wildman–Crippen LogP) is 1.58. The molecule has 2 aromatic rings. The van der Waals surface area contributed by atoms with Crippen LogP contribution in [0.15, 0.2) is 30.6 Å². The molecule has 0 saturated carbocycles. The Morgan fingerprint density at radius 3 is 2.57 bits per heavy atom. The Balaban J connectivity index is 1.69. The molecule has 0 atom stereocenters. The molecule has 2 aliphatic heterocycles. The van der Waals surface area contributed by atoms with E-state index in [1.807, 2.05) is 28.0 Å². The summed E-state index contributed by atoms with van der Waals surface area (Å²) in [5, 5.41) is 21.1. The van der Waals surface area contributed by atoms with Crippen molar-refractivity contribution in [3.63, 3.8) is 0 Å². The monoisotopic (exact) mass is 384 g/mol. The van der Waals surface area contributed by atoms with Crippen molar-refractivity contribution in [3.05, 3.63) is 46.3 Å². The molecule has 1 saturated heterocycles. The van der Waals surface area contributed by atoms with Crippen molar-refractivity contribution < 1.29 is 10.0 Å². The van der Waals surface area contributed by atoms with Crippen molar-refractivity contribution in [1.29, 1.82) is 0 Å². The van der Waals surface area contributed by atoms with E-state index in [4.69, 9.17) is 5.11 Å². The van der Waals surface area contributed by atoms with Gasteiger partial charge in [-0.05, 0) is 24.5 Å². The van der Waals surface area contributed by atoms with Gasteiger partial charge in [-0.15, -0.1) is 0 Å². The quantitative estimate of drug-likeness (QED) is 0.613. The molecule has 2 aliphatic rings. The Bertz CT molecular complexity index is 853. The summed E-state index contributed by atoms with van der Waals surface area (Å²) in [6, 6.07) is 8.00. The SMILES string of the molecule is O=[N+]([O-])c1c(N2CCN(CCO)CC2)ncnc1N1CCCc2ccccc21. The Labute approximate surface area is 163 Å². The maximum absolute atomic E-state index is 12.0. The molecular weight excluding hydrogens is 360 g/mol. The van der Waals surface area contributed by atoms with Crippen molar-refractivity contribution in [2.24, 2.45) is 0 Å². The van der Waals surface area contributed by atoms with E-state index >= 15 is 0 Å². The average Bonchev–Trinajstić information content (AvgIpc) is 2.73. The van der Waals surface area contributed by atoms with E-state index < -0.39 is 0 Å². The highest BCUT2D eigenvalue weighted by molar-refractivity contribution is 5.77. The predicted molar refractivity (Wildman–Crippen MR) is 106 cm³/mol. The van der Waals surface area contributed by atoms with Gasteiger partial charge in [0, 0.05) is 45.0 Å². The second-order valence-electron chi connectivity index (χ2n) is 7.06. The molecule has 0 amide bonds. The zero-order valence-electron chi connectivity index (χ0n) is 15.7. The van der Waals surface area contributed by atoms with E-state index in [1.54, 1.807) is 0 Å². The molecule has 0 unspecified atom stereocenters. The van der Waals surface area contributed by atoms with E-state index in [-0.39, 0.29) is 17.2 Å². The maximum Gasteiger partial charge on any atom is 0.353 e. The fourth-order valence-electron chi connectivity index (χ4n) is 4.03. The normalized spacial score (nSPS) is 17.5. The second-order valence-corrected chi connectivity index (χ2v) is 7.06. The lowest BCUT2D eigenvalue weighted by molar-refractivity contribution is -0.383. The fraction of sp³-hybridized carbons (Fsp3) is 0.474. The van der Waals surface area contributed by atoms with Gasteiger partial charge in [0.25, 0.3) is 0 Å². The summed E-state index contributed by atoms with van der Waals surface area (Å²) < 4.78 is 0. The zero-order valence-corrected chi connectivity index (χ0v) is 15.7. The van der Waals surface area contributed by atoms with Crippen LogP contribution in [0.4, 0.5) is 23.0 Å². The van der Waals surface area contributed by atoms with Crippen molar-refractivity contribution in [1.82, 2.24) is 14.9 Å². The minimum atomic E-state index is -0.359. The average molecular weight is 384 g/mol. The molecular formula is C19H24N6O3. The van der Waals surface area contributed by atoms with Gasteiger partial charge < -0.3 is 14.9 Å².